The molecule has 0 aliphatic carbocycles. The van der Waals surface area contributed by atoms with E-state index in [0.29, 0.717) is 10.9 Å². The quantitative estimate of drug-likeness (QED) is 0.909. The average molecular weight is 316 g/mol. The van der Waals surface area contributed by atoms with Gasteiger partial charge in [-0.05, 0) is 18.1 Å². The summed E-state index contributed by atoms with van der Waals surface area (Å²) < 4.78 is 6.20. The van der Waals surface area contributed by atoms with Gasteiger partial charge in [-0.15, -0.1) is 12.4 Å². The predicted molar refractivity (Wildman–Crippen MR) is 84.9 cm³/mol. The number of para-hydroxylation sites is 1. The van der Waals surface area contributed by atoms with Gasteiger partial charge in [0.25, 0.3) is 0 Å². The summed E-state index contributed by atoms with van der Waals surface area (Å²) in [5.74, 6) is 0.569. The molecule has 0 saturated carbocycles. The molecule has 2 aromatic rings. The zero-order valence-corrected chi connectivity index (χ0v) is 13.2. The highest BCUT2D eigenvalue weighted by Gasteiger charge is 2.19. The Kier molecular flexibility index (Phi) is 5.74. The number of amides is 1. The average Bonchev–Trinajstić information content (AvgIpc) is 2.79. The van der Waals surface area contributed by atoms with Gasteiger partial charge in [-0.2, -0.15) is 0 Å². The van der Waals surface area contributed by atoms with Crippen LogP contribution in [0.3, 0.4) is 0 Å². The minimum Gasteiger partial charge on any atom is -0.494 e. The van der Waals surface area contributed by atoms with E-state index in [9.17, 15) is 4.79 Å². The Hall–Kier alpha value is -1.37. The van der Waals surface area contributed by atoms with Crippen molar-refractivity contribution < 1.29 is 9.53 Å². The number of hydrogen-bond donors (Lipinski definition) is 2. The van der Waals surface area contributed by atoms with Crippen molar-refractivity contribution in [2.45, 2.75) is 19.9 Å². The molecular weight excluding hydrogens is 298 g/mol. The third kappa shape index (κ3) is 3.39. The lowest BCUT2D eigenvalue weighted by Crippen LogP contribution is -2.39. The Morgan fingerprint density at radius 2 is 2.15 bits per heavy atom. The summed E-state index contributed by atoms with van der Waals surface area (Å²) in [6.45, 7) is 3.82. The number of carbonyl (C=O) groups excluding carboxylic acids is 1. The summed E-state index contributed by atoms with van der Waals surface area (Å²) >= 11 is 1.41. The second-order valence-corrected chi connectivity index (χ2v) is 5.62. The minimum atomic E-state index is -0.533. The van der Waals surface area contributed by atoms with Crippen molar-refractivity contribution in [3.63, 3.8) is 0 Å². The Labute approximate surface area is 127 Å². The fourth-order valence-electron chi connectivity index (χ4n) is 1.63. The lowest BCUT2D eigenvalue weighted by atomic mass is 10.1. The third-order valence-corrected chi connectivity index (χ3v) is 3.79. The largest absolute Gasteiger partial charge is 0.494 e. The van der Waals surface area contributed by atoms with Crippen LogP contribution in [-0.2, 0) is 4.79 Å². The molecule has 0 aliphatic rings. The number of ether oxygens (including phenoxy) is 1. The molecule has 0 spiro atoms. The zero-order valence-electron chi connectivity index (χ0n) is 11.5. The number of nitrogens with zero attached hydrogens (tertiary/aromatic N) is 1. The molecule has 2 rings (SSSR count). The van der Waals surface area contributed by atoms with Crippen LogP contribution >= 0.6 is 23.7 Å². The number of aromatic nitrogens is 1. The molecule has 0 saturated heterocycles. The van der Waals surface area contributed by atoms with Crippen LogP contribution in [0.15, 0.2) is 18.2 Å². The SMILES string of the molecule is COc1cccc2sc(NC(=O)C(N)C(C)C)nc12.Cl. The Bertz CT molecular complexity index is 600. The van der Waals surface area contributed by atoms with E-state index in [2.05, 4.69) is 10.3 Å². The van der Waals surface area contributed by atoms with Gasteiger partial charge < -0.3 is 15.8 Å². The molecule has 1 amide bonds. The normalized spacial score (nSPS) is 12.1. The van der Waals surface area contributed by atoms with Gasteiger partial charge in [0.05, 0.1) is 17.9 Å². The molecule has 1 unspecified atom stereocenters. The second kappa shape index (κ2) is 6.88. The zero-order chi connectivity index (χ0) is 14.0. The molecule has 0 aliphatic heterocycles. The molecule has 1 heterocycles. The van der Waals surface area contributed by atoms with Crippen LogP contribution in [0.2, 0.25) is 0 Å². The first-order valence-electron chi connectivity index (χ1n) is 6.03. The number of thiazole rings is 1. The molecule has 3 N–H and O–H groups in total. The number of rotatable bonds is 4. The van der Waals surface area contributed by atoms with E-state index in [1.807, 2.05) is 32.0 Å². The van der Waals surface area contributed by atoms with Gasteiger partial charge in [-0.3, -0.25) is 4.79 Å². The monoisotopic (exact) mass is 315 g/mol. The van der Waals surface area contributed by atoms with Gasteiger partial charge >= 0.3 is 0 Å². The minimum absolute atomic E-state index is 0. The van der Waals surface area contributed by atoms with E-state index in [0.717, 1.165) is 10.2 Å². The third-order valence-electron chi connectivity index (χ3n) is 2.85. The van der Waals surface area contributed by atoms with Crippen LogP contribution in [0, 0.1) is 5.92 Å². The standard InChI is InChI=1S/C13H17N3O2S.ClH/c1-7(2)10(14)12(17)16-13-15-11-8(18-3)5-4-6-9(11)19-13;/h4-7,10H,14H2,1-3H3,(H,15,16,17);1H. The predicted octanol–water partition coefficient (Wildman–Crippen LogP) is 2.65. The highest BCUT2D eigenvalue weighted by molar-refractivity contribution is 7.22. The number of nitrogens with two attached hydrogens (primary N) is 1. The van der Waals surface area contributed by atoms with Crippen molar-refractivity contribution in [2.75, 3.05) is 12.4 Å². The maximum atomic E-state index is 11.9. The number of fused-ring (bicyclic) bond motifs is 1. The highest BCUT2D eigenvalue weighted by atomic mass is 35.5. The van der Waals surface area contributed by atoms with Crippen LogP contribution in [0.4, 0.5) is 5.13 Å². The van der Waals surface area contributed by atoms with Crippen LogP contribution in [0.25, 0.3) is 10.2 Å². The van der Waals surface area contributed by atoms with Crippen molar-refractivity contribution in [2.24, 2.45) is 11.7 Å². The maximum absolute atomic E-state index is 11.9. The number of nitrogens with one attached hydrogen (secondary N) is 1. The summed E-state index contributed by atoms with van der Waals surface area (Å²) in [5.41, 5.74) is 6.55. The molecule has 0 bridgehead atoms. The van der Waals surface area contributed by atoms with Crippen LogP contribution in [-0.4, -0.2) is 24.0 Å². The van der Waals surface area contributed by atoms with Gasteiger partial charge in [-0.1, -0.05) is 31.3 Å². The van der Waals surface area contributed by atoms with Crippen molar-refractivity contribution in [3.05, 3.63) is 18.2 Å². The van der Waals surface area contributed by atoms with E-state index >= 15 is 0 Å². The van der Waals surface area contributed by atoms with E-state index in [4.69, 9.17) is 10.5 Å². The summed E-state index contributed by atoms with van der Waals surface area (Å²) in [4.78, 5) is 16.3. The van der Waals surface area contributed by atoms with Crippen LogP contribution < -0.4 is 15.8 Å². The van der Waals surface area contributed by atoms with E-state index < -0.39 is 6.04 Å². The summed E-state index contributed by atoms with van der Waals surface area (Å²) in [6, 6.07) is 5.14. The number of methoxy groups -OCH3 is 1. The maximum Gasteiger partial charge on any atom is 0.243 e. The Morgan fingerprint density at radius 1 is 1.45 bits per heavy atom. The highest BCUT2D eigenvalue weighted by Crippen LogP contribution is 2.32. The molecule has 110 valence electrons. The Morgan fingerprint density at radius 3 is 2.75 bits per heavy atom. The van der Waals surface area contributed by atoms with E-state index in [-0.39, 0.29) is 24.2 Å². The van der Waals surface area contributed by atoms with Crippen molar-refractivity contribution >= 4 is 45.0 Å². The molecule has 1 atom stereocenters. The molecular formula is C13H18ClN3O2S. The van der Waals surface area contributed by atoms with Gasteiger partial charge in [-0.25, -0.2) is 4.98 Å². The lowest BCUT2D eigenvalue weighted by Gasteiger charge is -2.13. The molecule has 5 nitrogen and oxygen atoms in total. The van der Waals surface area contributed by atoms with E-state index in [1.165, 1.54) is 11.3 Å². The summed E-state index contributed by atoms with van der Waals surface area (Å²) in [7, 11) is 1.60. The van der Waals surface area contributed by atoms with Crippen molar-refractivity contribution in [1.29, 1.82) is 0 Å². The fourth-order valence-corrected chi connectivity index (χ4v) is 2.52. The number of carbonyl (C=O) groups is 1. The van der Waals surface area contributed by atoms with Gasteiger partial charge in [0.1, 0.15) is 11.3 Å². The smallest absolute Gasteiger partial charge is 0.243 e. The Balaban J connectivity index is 0.00000200. The lowest BCUT2D eigenvalue weighted by molar-refractivity contribution is -0.118. The molecule has 0 radical (unpaired) electrons. The van der Waals surface area contributed by atoms with Gasteiger partial charge in [0.15, 0.2) is 5.13 Å². The summed E-state index contributed by atoms with van der Waals surface area (Å²) in [6.07, 6.45) is 0. The van der Waals surface area contributed by atoms with Gasteiger partial charge in [0, 0.05) is 0 Å². The van der Waals surface area contributed by atoms with Crippen molar-refractivity contribution in [1.82, 2.24) is 4.98 Å². The van der Waals surface area contributed by atoms with Gasteiger partial charge in [0.2, 0.25) is 5.91 Å². The van der Waals surface area contributed by atoms with Crippen molar-refractivity contribution in [3.8, 4) is 5.75 Å². The topological polar surface area (TPSA) is 77.2 Å². The number of benzene rings is 1. The first-order valence-corrected chi connectivity index (χ1v) is 6.84. The van der Waals surface area contributed by atoms with Crippen LogP contribution in [0.5, 0.6) is 5.75 Å². The molecule has 0 fully saturated rings. The second-order valence-electron chi connectivity index (χ2n) is 4.59. The first-order chi connectivity index (χ1) is 9.02. The molecule has 20 heavy (non-hydrogen) atoms. The van der Waals surface area contributed by atoms with Crippen LogP contribution in [0.1, 0.15) is 13.8 Å². The molecule has 1 aromatic carbocycles. The first kappa shape index (κ1) is 16.7. The number of anilines is 1. The summed E-state index contributed by atoms with van der Waals surface area (Å²) in [5, 5.41) is 3.29. The molecule has 7 heteroatoms. The molecule has 1 aromatic heterocycles. The van der Waals surface area contributed by atoms with E-state index in [1.54, 1.807) is 7.11 Å². The number of hydrogen-bond acceptors (Lipinski definition) is 5. The number of halogens is 1. The fraction of sp³-hybridized carbons (Fsp3) is 0.385.